The SMILES string of the molecule is CN(C(=O)n1ccnc1)c1ccc2c(c1)N(C(=O)OC(C)(C)C)CCCO2.CNc1ccc2c(c1)N(C(=O)OC(C)(C)C)CCCO2.[B]B([B])B(B([B])[B])B(B([B])[B])B(B(B([B])[B])B([B])[B])B(B(B(B([B])[B])B([B])[B])B(B([B])[B])B([B])[B])B(B(B([B])[B])B([B])[B])B(B([B])[B])B([B])[B]. The summed E-state index contributed by atoms with van der Waals surface area (Å²) in [6, 6.07) is 10.8. The van der Waals surface area contributed by atoms with Crippen LogP contribution in [-0.2, 0) is 9.47 Å². The number of nitrogens with zero attached hydrogens (tertiary/aromatic N) is 5. The van der Waals surface area contributed by atoms with E-state index in [1.54, 1.807) is 47.4 Å². The van der Waals surface area contributed by atoms with E-state index >= 15 is 0 Å². The van der Waals surface area contributed by atoms with E-state index in [9.17, 15) is 14.4 Å². The molecule has 0 saturated heterocycles. The first-order chi connectivity index (χ1) is 44.8. The van der Waals surface area contributed by atoms with Gasteiger partial charge in [-0.2, -0.15) is 0 Å². The topological polar surface area (TPSA) is 128 Å². The summed E-state index contributed by atoms with van der Waals surface area (Å²) in [5.41, 5.74) is 1.80. The average molecular weight is 1190 g/mol. The van der Waals surface area contributed by atoms with Crippen LogP contribution in [0.2, 0.25) is 0 Å². The van der Waals surface area contributed by atoms with Crippen molar-refractivity contribution < 1.29 is 33.3 Å². The molecule has 0 bridgehead atoms. The number of benzene rings is 2. The number of rotatable bonds is 25. The van der Waals surface area contributed by atoms with Crippen molar-refractivity contribution in [2.45, 2.75) is 65.6 Å². The Morgan fingerprint density at radius 2 is 0.753 bits per heavy atom. The number of carbonyl (C=O) groups is 3. The predicted octanol–water partition coefficient (Wildman–Crippen LogP) is -12.3. The largest absolute Gasteiger partial charge is 0.491 e. The molecule has 2 aliphatic heterocycles. The van der Waals surface area contributed by atoms with Gasteiger partial charge in [-0.05, 0) is 90.8 Å². The Morgan fingerprint density at radius 3 is 1.05 bits per heavy atom. The lowest BCUT2D eigenvalue weighted by atomic mass is 8.24. The van der Waals surface area contributed by atoms with Gasteiger partial charge in [-0.1, -0.05) is 0 Å². The molecule has 3 heterocycles. The van der Waals surface area contributed by atoms with Gasteiger partial charge in [0.05, 0.1) is 24.6 Å². The van der Waals surface area contributed by atoms with E-state index in [-0.39, 0.29) is 12.1 Å². The lowest BCUT2D eigenvalue weighted by Gasteiger charge is -2.57. The van der Waals surface area contributed by atoms with E-state index in [1.807, 2.05) is 66.8 Å². The normalized spacial score (nSPS) is 12.0. The van der Waals surface area contributed by atoms with Crippen LogP contribution in [0.4, 0.5) is 37.1 Å². The van der Waals surface area contributed by atoms with Crippen molar-refractivity contribution in [2.24, 2.45) is 0 Å². The minimum Gasteiger partial charge on any atom is -0.491 e. The molecule has 0 unspecified atom stereocenters. The third-order valence-corrected chi connectivity index (χ3v) is 17.2. The summed E-state index contributed by atoms with van der Waals surface area (Å²) in [6.07, 6.45) is -25.7. The molecule has 97 heavy (non-hydrogen) atoms. The van der Waals surface area contributed by atoms with Crippen LogP contribution in [0.3, 0.4) is 0 Å². The molecule has 0 aliphatic carbocycles. The maximum absolute atomic E-state index is 12.7. The van der Waals surface area contributed by atoms with E-state index < -0.39 is 171 Å². The fraction of sp³-hybridized carbons (Fsp3) is 0.471. The maximum atomic E-state index is 12.7. The molecule has 3 aromatic rings. The van der Waals surface area contributed by atoms with Crippen molar-refractivity contribution >= 4 is 395 Å². The predicted molar refractivity (Wildman–Crippen MR) is 469 cm³/mol. The molecule has 1 aromatic heterocycles. The van der Waals surface area contributed by atoms with Gasteiger partial charge >= 0.3 is 18.2 Å². The first-order valence-corrected chi connectivity index (χ1v) is 32.0. The Morgan fingerprint density at radius 1 is 0.454 bits per heavy atom. The molecule has 5 rings (SSSR count). The molecule has 3 amide bonds. The van der Waals surface area contributed by atoms with Gasteiger partial charge in [0.2, 0.25) is 0 Å². The van der Waals surface area contributed by atoms with E-state index in [0.29, 0.717) is 55.6 Å². The van der Waals surface area contributed by atoms with Crippen molar-refractivity contribution in [3.8, 4) is 11.5 Å². The smallest absolute Gasteiger partial charge is 0.414 e. The third kappa shape index (κ3) is 25.6. The molecular weight excluding hydrogens is 1150 g/mol. The average Bonchev–Trinajstić information content (AvgIpc) is 1.21. The highest BCUT2D eigenvalue weighted by Crippen LogP contribution is 2.37. The number of aromatic nitrogens is 2. The molecule has 13 nitrogen and oxygen atoms in total. The second-order valence-electron chi connectivity index (χ2n) is 26.9. The molecule has 1 N–H and O–H groups in total. The van der Waals surface area contributed by atoms with Crippen molar-refractivity contribution in [1.82, 2.24) is 9.55 Å². The van der Waals surface area contributed by atoms with Crippen LogP contribution in [0.15, 0.2) is 55.1 Å². The van der Waals surface area contributed by atoms with Gasteiger partial charge in [0.15, 0.2) is 0 Å². The molecule has 0 fully saturated rings. The van der Waals surface area contributed by atoms with Gasteiger partial charge in [-0.3, -0.25) is 19.3 Å². The monoisotopic (exact) mass is 1200 g/mol. The first-order valence-electron chi connectivity index (χ1n) is 32.0. The molecular formula is C34H46B50N6O7. The quantitative estimate of drug-likeness (QED) is 0.0825. The number of hydrogen-bond acceptors (Lipinski definition) is 9. The summed E-state index contributed by atoms with van der Waals surface area (Å²) in [4.78, 5) is 46.2. The number of imidazole rings is 1. The highest BCUT2D eigenvalue weighted by atomic mass is 16.6. The van der Waals surface area contributed by atoms with Gasteiger partial charge in [-0.25, -0.2) is 19.4 Å². The van der Waals surface area contributed by atoms with Gasteiger partial charge < -0.3 is 24.3 Å². The minimum atomic E-state index is -1.39. The van der Waals surface area contributed by atoms with Crippen LogP contribution in [-0.4, -0.2) is 434 Å². The van der Waals surface area contributed by atoms with Crippen LogP contribution >= 0.6 is 0 Å². The Labute approximate surface area is 626 Å². The lowest BCUT2D eigenvalue weighted by Crippen LogP contribution is -2.95. The summed E-state index contributed by atoms with van der Waals surface area (Å²) in [6.45, 7) is 13.3. The molecule has 0 atom stereocenters. The summed E-state index contributed by atoms with van der Waals surface area (Å²) in [5.74, 6) is 1.30. The fourth-order valence-electron chi connectivity index (χ4n) is 13.2. The number of carbonyl (C=O) groups excluding carboxylic acids is 3. The number of nitrogens with one attached hydrogen (secondary N) is 1. The molecule has 404 valence electrons. The zero-order chi connectivity index (χ0) is 74.2. The van der Waals surface area contributed by atoms with Gasteiger partial charge in [0, 0.05) is 405 Å². The van der Waals surface area contributed by atoms with Crippen LogP contribution in [0, 0.1) is 0 Å². The highest BCUT2D eigenvalue weighted by molar-refractivity contribution is 8.35. The van der Waals surface area contributed by atoms with Crippen molar-refractivity contribution in [1.29, 1.82) is 0 Å². The third-order valence-electron chi connectivity index (χ3n) is 17.2. The molecule has 0 saturated carbocycles. The van der Waals surface area contributed by atoms with E-state index in [1.165, 1.54) is 15.8 Å². The van der Waals surface area contributed by atoms with Crippen LogP contribution < -0.4 is 29.5 Å². The maximum Gasteiger partial charge on any atom is 0.414 e. The van der Waals surface area contributed by atoms with Crippen LogP contribution in [0.5, 0.6) is 11.5 Å². The summed E-state index contributed by atoms with van der Waals surface area (Å²) in [5, 5.41) is 3.07. The number of anilines is 4. The first kappa shape index (κ1) is 89.5. The van der Waals surface area contributed by atoms with E-state index in [2.05, 4.69) is 10.3 Å². The zero-order valence-corrected chi connectivity index (χ0v) is 57.4. The number of ether oxygens (including phenoxy) is 4. The summed E-state index contributed by atoms with van der Waals surface area (Å²) >= 11 is 0. The summed E-state index contributed by atoms with van der Waals surface area (Å²) in [7, 11) is 171. The molecule has 2 aliphatic rings. The second kappa shape index (κ2) is 40.5. The molecule has 0 spiro atoms. The zero-order valence-electron chi connectivity index (χ0n) is 57.4. The Bertz CT molecular complexity index is 2730. The second-order valence-corrected chi connectivity index (χ2v) is 26.9. The van der Waals surface area contributed by atoms with Gasteiger partial charge in [0.1, 0.15) is 29.0 Å². The summed E-state index contributed by atoms with van der Waals surface area (Å²) < 4.78 is 23.8. The standard InChI is InChI=1S/C19H24N4O4.C15H22N2O3.B50/c1-19(2,3)27-18(25)23-9-5-11-26-16-7-6-14(12-15(16)23)21(4)17(24)22-10-8-20-13-22;1-15(2,3)20-14(18)17-8-5-9-19-13-7-6-11(16-4)10-12(13)17;1-27(2)40(28(3)4)46(39(25)26)49(45(37(21)22)38(23)24)50(47(41(29(5)6)30(7)8)42(31(9)10)32(11)12)48(43(33(13)14)34(15)16)44(35(17)18)36(19)20/h6-8,10,12-13H,5,9,11H2,1-4H3;6-7,10,16H,5,8-9H2,1-4H3;. The number of fused-ring (bicyclic) bond motifs is 2. The minimum absolute atomic E-state index is 0.259. The lowest BCUT2D eigenvalue weighted by molar-refractivity contribution is 0.0570. The van der Waals surface area contributed by atoms with Gasteiger partial charge in [0.25, 0.3) is 0 Å². The number of amides is 3. The molecule has 2 aromatic carbocycles. The van der Waals surface area contributed by atoms with Crippen molar-refractivity contribution in [3.05, 3.63) is 55.1 Å². The van der Waals surface area contributed by atoms with Gasteiger partial charge in [-0.15, -0.1) is 0 Å². The molecule has 52 radical (unpaired) electrons. The van der Waals surface area contributed by atoms with E-state index in [4.69, 9.17) is 220 Å². The van der Waals surface area contributed by atoms with Crippen LogP contribution in [0.25, 0.3) is 0 Å². The Balaban J connectivity index is 0.000000428. The Kier molecular flexibility index (Phi) is 37.4. The molecule has 63 heteroatoms. The highest BCUT2D eigenvalue weighted by Gasteiger charge is 2.60. The fourth-order valence-corrected chi connectivity index (χ4v) is 13.2. The van der Waals surface area contributed by atoms with Crippen LogP contribution in [0.1, 0.15) is 54.4 Å². The van der Waals surface area contributed by atoms with Crippen molar-refractivity contribution in [3.63, 3.8) is 0 Å². The number of hydrogen-bond donors (Lipinski definition) is 1. The van der Waals surface area contributed by atoms with E-state index in [0.717, 1.165) is 17.8 Å². The Hall–Kier alpha value is -1.69. The van der Waals surface area contributed by atoms with Crippen molar-refractivity contribution in [2.75, 3.05) is 60.4 Å².